The van der Waals surface area contributed by atoms with Crippen molar-refractivity contribution in [3.05, 3.63) is 23.3 Å². The third-order valence-corrected chi connectivity index (χ3v) is 9.16. The van der Waals surface area contributed by atoms with Gasteiger partial charge >= 0.3 is 11.9 Å². The monoisotopic (exact) mass is 442 g/mol. The Labute approximate surface area is 189 Å². The van der Waals surface area contributed by atoms with Gasteiger partial charge in [0.05, 0.1) is 0 Å². The van der Waals surface area contributed by atoms with E-state index < -0.39 is 29.1 Å². The van der Waals surface area contributed by atoms with E-state index in [2.05, 4.69) is 19.9 Å². The van der Waals surface area contributed by atoms with Crippen molar-refractivity contribution in [1.29, 1.82) is 0 Å². The van der Waals surface area contributed by atoms with Crippen LogP contribution in [0.1, 0.15) is 73.6 Å². The number of ether oxygens (including phenoxy) is 2. The normalized spacial score (nSPS) is 42.6. The van der Waals surface area contributed by atoms with Gasteiger partial charge in [0.1, 0.15) is 0 Å². The molecule has 6 heteroatoms. The first-order valence-electron chi connectivity index (χ1n) is 11.7. The standard InChI is InChI=1S/C26H34O6/c1-14-11-18-19(24(5)13-23(31-16(3)28)22(30)12-21(14)24)7-9-25(6)20(18)8-10-26(25,15(2)27)32-17(4)29/h11-12,18-20,23H,7-10,13H2,1-6H3/t18-,19+,20+,23-,24-,25+,26+/m1/s1. The summed E-state index contributed by atoms with van der Waals surface area (Å²) in [7, 11) is 0. The highest BCUT2D eigenvalue weighted by Crippen LogP contribution is 2.67. The van der Waals surface area contributed by atoms with Crippen LogP contribution in [0.15, 0.2) is 23.3 Å². The van der Waals surface area contributed by atoms with Crippen LogP contribution in [0.3, 0.4) is 0 Å². The number of rotatable bonds is 3. The maximum atomic E-state index is 12.9. The van der Waals surface area contributed by atoms with E-state index in [0.717, 1.165) is 30.4 Å². The minimum absolute atomic E-state index is 0.0716. The first kappa shape index (κ1) is 22.9. The van der Waals surface area contributed by atoms with Gasteiger partial charge in [-0.25, -0.2) is 0 Å². The van der Waals surface area contributed by atoms with Gasteiger partial charge in [-0.05, 0) is 68.9 Å². The first-order chi connectivity index (χ1) is 14.9. The van der Waals surface area contributed by atoms with E-state index >= 15 is 0 Å². The number of carbonyl (C=O) groups excluding carboxylic acids is 4. The fourth-order valence-corrected chi connectivity index (χ4v) is 7.82. The second kappa shape index (κ2) is 7.39. The van der Waals surface area contributed by atoms with Gasteiger partial charge in [-0.2, -0.15) is 0 Å². The lowest BCUT2D eigenvalue weighted by Crippen LogP contribution is -2.58. The average Bonchev–Trinajstić information content (AvgIpc) is 2.97. The van der Waals surface area contributed by atoms with E-state index in [-0.39, 0.29) is 34.7 Å². The summed E-state index contributed by atoms with van der Waals surface area (Å²) in [5, 5.41) is 0. The largest absolute Gasteiger partial charge is 0.454 e. The summed E-state index contributed by atoms with van der Waals surface area (Å²) in [4.78, 5) is 49.1. The second-order valence-electron chi connectivity index (χ2n) is 10.8. The lowest BCUT2D eigenvalue weighted by atomic mass is 9.47. The number of Topliss-reactive ketones (excluding diaryl/α,β-unsaturated/α-hetero) is 1. The van der Waals surface area contributed by atoms with Crippen molar-refractivity contribution in [3.63, 3.8) is 0 Å². The molecular formula is C26H34O6. The van der Waals surface area contributed by atoms with Crippen LogP contribution in [0.25, 0.3) is 0 Å². The van der Waals surface area contributed by atoms with Gasteiger partial charge in [-0.1, -0.05) is 25.5 Å². The molecule has 0 bridgehead atoms. The fourth-order valence-electron chi connectivity index (χ4n) is 7.82. The molecule has 0 aromatic heterocycles. The highest BCUT2D eigenvalue weighted by Gasteiger charge is 2.67. The summed E-state index contributed by atoms with van der Waals surface area (Å²) in [5.41, 5.74) is 0.337. The molecule has 4 rings (SSSR count). The molecule has 2 saturated carbocycles. The maximum absolute atomic E-state index is 12.9. The number of fused-ring (bicyclic) bond motifs is 5. The molecule has 32 heavy (non-hydrogen) atoms. The van der Waals surface area contributed by atoms with Crippen LogP contribution in [0, 0.1) is 28.6 Å². The Morgan fingerprint density at radius 3 is 2.25 bits per heavy atom. The van der Waals surface area contributed by atoms with Crippen molar-refractivity contribution in [2.75, 3.05) is 0 Å². The van der Waals surface area contributed by atoms with E-state index in [0.29, 0.717) is 12.8 Å². The van der Waals surface area contributed by atoms with Gasteiger partial charge in [0.15, 0.2) is 23.3 Å². The van der Waals surface area contributed by atoms with Gasteiger partial charge in [-0.15, -0.1) is 0 Å². The van der Waals surface area contributed by atoms with Gasteiger partial charge < -0.3 is 9.47 Å². The van der Waals surface area contributed by atoms with Gasteiger partial charge in [-0.3, -0.25) is 19.2 Å². The first-order valence-corrected chi connectivity index (χ1v) is 11.7. The zero-order valence-electron chi connectivity index (χ0n) is 19.9. The summed E-state index contributed by atoms with van der Waals surface area (Å²) < 4.78 is 11.2. The minimum atomic E-state index is -1.07. The molecule has 0 aromatic carbocycles. The molecule has 0 aromatic rings. The summed E-state index contributed by atoms with van der Waals surface area (Å²) in [6.07, 6.45) is 6.68. The van der Waals surface area contributed by atoms with Crippen molar-refractivity contribution < 1.29 is 28.7 Å². The van der Waals surface area contributed by atoms with Crippen molar-refractivity contribution in [1.82, 2.24) is 0 Å². The molecule has 0 heterocycles. The average molecular weight is 443 g/mol. The molecule has 0 N–H and O–H groups in total. The van der Waals surface area contributed by atoms with Crippen LogP contribution in [-0.4, -0.2) is 35.2 Å². The fraction of sp³-hybridized carbons (Fsp3) is 0.692. The Kier molecular flexibility index (Phi) is 5.30. The van der Waals surface area contributed by atoms with Crippen LogP contribution >= 0.6 is 0 Å². The quantitative estimate of drug-likeness (QED) is 0.611. The number of hydrogen-bond acceptors (Lipinski definition) is 6. The lowest BCUT2D eigenvalue weighted by Gasteiger charge is -2.58. The molecule has 7 atom stereocenters. The number of allylic oxidation sites excluding steroid dienone is 3. The smallest absolute Gasteiger partial charge is 0.303 e. The highest BCUT2D eigenvalue weighted by molar-refractivity contribution is 5.97. The molecule has 4 aliphatic carbocycles. The van der Waals surface area contributed by atoms with E-state index in [4.69, 9.17) is 9.47 Å². The molecule has 0 radical (unpaired) electrons. The Bertz CT molecular complexity index is 959. The van der Waals surface area contributed by atoms with Crippen LogP contribution in [0.4, 0.5) is 0 Å². The molecule has 174 valence electrons. The molecular weight excluding hydrogens is 408 g/mol. The topological polar surface area (TPSA) is 86.7 Å². The molecule has 2 fully saturated rings. The van der Waals surface area contributed by atoms with Crippen LogP contribution in [-0.2, 0) is 28.7 Å². The summed E-state index contributed by atoms with van der Waals surface area (Å²) in [6.45, 7) is 10.6. The SMILES string of the molecule is CC(=O)O[C@@H]1C[C@@]2(C)C(=CC1=O)C(C)=C[C@@H]1[C@@H]2CC[C@@]2(C)[C@H]1CC[C@]2(OC(C)=O)C(C)=O. The Morgan fingerprint density at radius 1 is 1.00 bits per heavy atom. The molecule has 6 nitrogen and oxygen atoms in total. The zero-order chi connectivity index (χ0) is 23.6. The third-order valence-electron chi connectivity index (χ3n) is 9.16. The predicted octanol–water partition coefficient (Wildman–Crippen LogP) is 4.12. The van der Waals surface area contributed by atoms with Crippen molar-refractivity contribution in [2.45, 2.75) is 85.4 Å². The Balaban J connectivity index is 1.76. The van der Waals surface area contributed by atoms with Crippen molar-refractivity contribution in [2.24, 2.45) is 28.6 Å². The molecule has 0 aliphatic heterocycles. The van der Waals surface area contributed by atoms with Gasteiger partial charge in [0.2, 0.25) is 0 Å². The summed E-state index contributed by atoms with van der Waals surface area (Å²) in [5.74, 6) is -0.401. The molecule has 4 aliphatic rings. The molecule has 0 saturated heterocycles. The Morgan fingerprint density at radius 2 is 1.66 bits per heavy atom. The maximum Gasteiger partial charge on any atom is 0.303 e. The second-order valence-corrected chi connectivity index (χ2v) is 10.8. The van der Waals surface area contributed by atoms with Crippen LogP contribution in [0.5, 0.6) is 0 Å². The highest BCUT2D eigenvalue weighted by atomic mass is 16.6. The van der Waals surface area contributed by atoms with Gasteiger partial charge in [0.25, 0.3) is 0 Å². The number of esters is 2. The van der Waals surface area contributed by atoms with E-state index in [1.54, 1.807) is 13.0 Å². The number of ketones is 2. The lowest BCUT2D eigenvalue weighted by molar-refractivity contribution is -0.185. The number of hydrogen-bond donors (Lipinski definition) is 0. The number of carbonyl (C=O) groups is 4. The summed E-state index contributed by atoms with van der Waals surface area (Å²) in [6, 6.07) is 0. The minimum Gasteiger partial charge on any atom is -0.454 e. The third kappa shape index (κ3) is 3.05. The Hall–Kier alpha value is -2.24. The van der Waals surface area contributed by atoms with E-state index in [1.807, 2.05) is 6.92 Å². The van der Waals surface area contributed by atoms with Crippen molar-refractivity contribution >= 4 is 23.5 Å². The van der Waals surface area contributed by atoms with Crippen molar-refractivity contribution in [3.8, 4) is 0 Å². The molecule has 0 unspecified atom stereocenters. The predicted molar refractivity (Wildman–Crippen MR) is 117 cm³/mol. The molecule has 0 amide bonds. The molecule has 0 spiro atoms. The van der Waals surface area contributed by atoms with Gasteiger partial charge in [0, 0.05) is 31.1 Å². The van der Waals surface area contributed by atoms with E-state index in [1.165, 1.54) is 13.8 Å². The van der Waals surface area contributed by atoms with Crippen LogP contribution in [0.2, 0.25) is 0 Å². The summed E-state index contributed by atoms with van der Waals surface area (Å²) >= 11 is 0. The zero-order valence-corrected chi connectivity index (χ0v) is 19.9. The van der Waals surface area contributed by atoms with Crippen LogP contribution < -0.4 is 0 Å². The van der Waals surface area contributed by atoms with E-state index in [9.17, 15) is 19.2 Å².